The first-order valence-corrected chi connectivity index (χ1v) is 8.06. The summed E-state index contributed by atoms with van der Waals surface area (Å²) in [6.45, 7) is 8.76. The molecule has 2 heterocycles. The molecule has 0 amide bonds. The largest absolute Gasteiger partial charge is 0.313 e. The number of fused-ring (bicyclic) bond motifs is 1. The number of likely N-dealkylation sites (N-methyl/N-ethyl adjacent to an activating group) is 1. The number of benzene rings is 1. The van der Waals surface area contributed by atoms with Crippen LogP contribution in [0.15, 0.2) is 30.3 Å². The van der Waals surface area contributed by atoms with E-state index in [1.807, 2.05) is 6.92 Å². The molecular formula is C18H25N3. The van der Waals surface area contributed by atoms with Crippen LogP contribution in [0, 0.1) is 6.92 Å². The molecule has 1 aliphatic heterocycles. The lowest BCUT2D eigenvalue weighted by molar-refractivity contribution is 0.253. The Morgan fingerprint density at radius 2 is 2.19 bits per heavy atom. The molecule has 0 aliphatic carbocycles. The first-order chi connectivity index (χ1) is 10.2. The van der Waals surface area contributed by atoms with Crippen molar-refractivity contribution in [2.45, 2.75) is 39.3 Å². The van der Waals surface area contributed by atoms with Crippen LogP contribution in [0.1, 0.15) is 31.0 Å². The van der Waals surface area contributed by atoms with E-state index in [0.29, 0.717) is 6.04 Å². The molecule has 3 rings (SSSR count). The maximum atomic E-state index is 4.58. The molecule has 1 fully saturated rings. The third-order valence-corrected chi connectivity index (χ3v) is 4.39. The van der Waals surface area contributed by atoms with E-state index in [-0.39, 0.29) is 0 Å². The summed E-state index contributed by atoms with van der Waals surface area (Å²) in [6, 6.07) is 11.6. The van der Waals surface area contributed by atoms with Crippen LogP contribution in [-0.4, -0.2) is 35.6 Å². The van der Waals surface area contributed by atoms with Crippen LogP contribution in [0.5, 0.6) is 0 Å². The van der Waals surface area contributed by atoms with Gasteiger partial charge in [-0.2, -0.15) is 0 Å². The fourth-order valence-corrected chi connectivity index (χ4v) is 3.16. The second-order valence-corrected chi connectivity index (χ2v) is 6.10. The summed E-state index contributed by atoms with van der Waals surface area (Å²) in [5.74, 6) is 0. The second-order valence-electron chi connectivity index (χ2n) is 6.10. The highest BCUT2D eigenvalue weighted by Gasteiger charge is 2.17. The van der Waals surface area contributed by atoms with Crippen molar-refractivity contribution in [1.29, 1.82) is 0 Å². The van der Waals surface area contributed by atoms with E-state index in [0.717, 1.165) is 30.8 Å². The average Bonchev–Trinajstić information content (AvgIpc) is 2.99. The third kappa shape index (κ3) is 3.60. The molecule has 1 aliphatic rings. The van der Waals surface area contributed by atoms with E-state index in [9.17, 15) is 0 Å². The molecule has 1 N–H and O–H groups in total. The Balaban J connectivity index is 1.71. The lowest BCUT2D eigenvalue weighted by Crippen LogP contribution is -2.37. The highest BCUT2D eigenvalue weighted by Crippen LogP contribution is 2.17. The van der Waals surface area contributed by atoms with Crippen molar-refractivity contribution >= 4 is 10.9 Å². The maximum absolute atomic E-state index is 4.58. The first kappa shape index (κ1) is 14.5. The molecule has 1 aromatic carbocycles. The Kier molecular flexibility index (Phi) is 4.51. The molecule has 3 heteroatoms. The fraction of sp³-hybridized carbons (Fsp3) is 0.500. The molecule has 3 nitrogen and oxygen atoms in total. The maximum Gasteiger partial charge on any atom is 0.0705 e. The van der Waals surface area contributed by atoms with Crippen molar-refractivity contribution in [3.05, 3.63) is 41.6 Å². The van der Waals surface area contributed by atoms with Gasteiger partial charge in [0.05, 0.1) is 5.52 Å². The zero-order valence-electron chi connectivity index (χ0n) is 13.1. The minimum Gasteiger partial charge on any atom is -0.313 e. The molecule has 112 valence electrons. The van der Waals surface area contributed by atoms with Crippen molar-refractivity contribution in [3.8, 4) is 0 Å². The van der Waals surface area contributed by atoms with Gasteiger partial charge in [0.1, 0.15) is 0 Å². The summed E-state index contributed by atoms with van der Waals surface area (Å²) in [4.78, 5) is 7.11. The number of rotatable bonds is 5. The van der Waals surface area contributed by atoms with Gasteiger partial charge in [-0.15, -0.1) is 0 Å². The van der Waals surface area contributed by atoms with Gasteiger partial charge in [-0.25, -0.2) is 0 Å². The molecule has 1 aromatic heterocycles. The molecule has 0 spiro atoms. The van der Waals surface area contributed by atoms with Crippen LogP contribution >= 0.6 is 0 Å². The predicted octanol–water partition coefficient (Wildman–Crippen LogP) is 3.12. The summed E-state index contributed by atoms with van der Waals surface area (Å²) in [5, 5.41) is 4.84. The van der Waals surface area contributed by atoms with Crippen molar-refractivity contribution in [2.75, 3.05) is 19.6 Å². The number of aryl methyl sites for hydroxylation is 1. The first-order valence-electron chi connectivity index (χ1n) is 8.06. The monoisotopic (exact) mass is 283 g/mol. The predicted molar refractivity (Wildman–Crippen MR) is 88.5 cm³/mol. The van der Waals surface area contributed by atoms with Gasteiger partial charge in [0.25, 0.3) is 0 Å². The van der Waals surface area contributed by atoms with Gasteiger partial charge in [0, 0.05) is 30.2 Å². The molecule has 1 unspecified atom stereocenters. The Bertz CT molecular complexity index is 602. The number of pyridine rings is 1. The molecule has 0 bridgehead atoms. The number of aromatic nitrogens is 1. The van der Waals surface area contributed by atoms with Gasteiger partial charge in [0.2, 0.25) is 0 Å². The van der Waals surface area contributed by atoms with Crippen LogP contribution in [0.2, 0.25) is 0 Å². The molecule has 1 saturated heterocycles. The summed E-state index contributed by atoms with van der Waals surface area (Å²) < 4.78 is 0. The number of nitrogens with one attached hydrogen (secondary N) is 1. The Morgan fingerprint density at radius 3 is 2.95 bits per heavy atom. The SMILES string of the molecule is CCN(Cc1ccc2nc(C)ccc2c1)CC1CCCN1. The Hall–Kier alpha value is -1.45. The van der Waals surface area contributed by atoms with Crippen LogP contribution in [0.3, 0.4) is 0 Å². The van der Waals surface area contributed by atoms with Crippen molar-refractivity contribution in [3.63, 3.8) is 0 Å². The van der Waals surface area contributed by atoms with Gasteiger partial charge in [0.15, 0.2) is 0 Å². The van der Waals surface area contributed by atoms with Crippen LogP contribution in [0.4, 0.5) is 0 Å². The Labute approximate surface area is 127 Å². The van der Waals surface area contributed by atoms with Crippen LogP contribution < -0.4 is 5.32 Å². The summed E-state index contributed by atoms with van der Waals surface area (Å²) in [6.07, 6.45) is 2.64. The number of nitrogens with zero attached hydrogens (tertiary/aromatic N) is 2. The summed E-state index contributed by atoms with van der Waals surface area (Å²) in [7, 11) is 0. The molecule has 0 saturated carbocycles. The standard InChI is InChI=1S/C18H25N3/c1-3-21(13-17-5-4-10-19-17)12-15-7-9-18-16(11-15)8-6-14(2)20-18/h6-9,11,17,19H,3-5,10,12-13H2,1-2H3. The molecule has 0 radical (unpaired) electrons. The van der Waals surface area contributed by atoms with Gasteiger partial charge >= 0.3 is 0 Å². The van der Waals surface area contributed by atoms with E-state index in [1.165, 1.54) is 30.3 Å². The minimum atomic E-state index is 0.676. The number of hydrogen-bond donors (Lipinski definition) is 1. The summed E-state index contributed by atoms with van der Waals surface area (Å²) in [5.41, 5.74) is 3.56. The van der Waals surface area contributed by atoms with Crippen molar-refractivity contribution < 1.29 is 0 Å². The Morgan fingerprint density at radius 1 is 1.29 bits per heavy atom. The van der Waals surface area contributed by atoms with Gasteiger partial charge in [-0.1, -0.05) is 19.1 Å². The highest BCUT2D eigenvalue weighted by molar-refractivity contribution is 5.79. The van der Waals surface area contributed by atoms with E-state index in [2.05, 4.69) is 52.5 Å². The summed E-state index contributed by atoms with van der Waals surface area (Å²) >= 11 is 0. The zero-order valence-corrected chi connectivity index (χ0v) is 13.1. The van der Waals surface area contributed by atoms with Crippen LogP contribution in [0.25, 0.3) is 10.9 Å². The smallest absolute Gasteiger partial charge is 0.0705 e. The van der Waals surface area contributed by atoms with E-state index < -0.39 is 0 Å². The molecule has 21 heavy (non-hydrogen) atoms. The fourth-order valence-electron chi connectivity index (χ4n) is 3.16. The van der Waals surface area contributed by atoms with Crippen LogP contribution in [-0.2, 0) is 6.54 Å². The normalized spacial score (nSPS) is 18.7. The van der Waals surface area contributed by atoms with Gasteiger partial charge < -0.3 is 5.32 Å². The van der Waals surface area contributed by atoms with Gasteiger partial charge in [-0.05, 0) is 56.6 Å². The van der Waals surface area contributed by atoms with E-state index in [1.54, 1.807) is 0 Å². The second kappa shape index (κ2) is 6.54. The molecule has 2 aromatic rings. The van der Waals surface area contributed by atoms with E-state index in [4.69, 9.17) is 0 Å². The third-order valence-electron chi connectivity index (χ3n) is 4.39. The topological polar surface area (TPSA) is 28.2 Å². The highest BCUT2D eigenvalue weighted by atomic mass is 15.1. The van der Waals surface area contributed by atoms with Gasteiger partial charge in [-0.3, -0.25) is 9.88 Å². The minimum absolute atomic E-state index is 0.676. The van der Waals surface area contributed by atoms with E-state index >= 15 is 0 Å². The number of hydrogen-bond acceptors (Lipinski definition) is 3. The lowest BCUT2D eigenvalue weighted by atomic mass is 10.1. The molecular weight excluding hydrogens is 258 g/mol. The average molecular weight is 283 g/mol. The van der Waals surface area contributed by atoms with Crippen molar-refractivity contribution in [2.24, 2.45) is 0 Å². The lowest BCUT2D eigenvalue weighted by Gasteiger charge is -2.24. The quantitative estimate of drug-likeness (QED) is 0.914. The zero-order chi connectivity index (χ0) is 14.7. The van der Waals surface area contributed by atoms with Crippen molar-refractivity contribution in [1.82, 2.24) is 15.2 Å². The molecule has 1 atom stereocenters.